The molecule has 1 aromatic heterocycles. The highest BCUT2D eigenvalue weighted by atomic mass is 32.1. The van der Waals surface area contributed by atoms with Crippen molar-refractivity contribution in [1.29, 1.82) is 0 Å². The predicted octanol–water partition coefficient (Wildman–Crippen LogP) is 2.48. The molecule has 0 fully saturated rings. The van der Waals surface area contributed by atoms with Crippen molar-refractivity contribution >= 4 is 17.3 Å². The first kappa shape index (κ1) is 13.2. The van der Waals surface area contributed by atoms with Gasteiger partial charge in [-0.15, -0.1) is 11.3 Å². The van der Waals surface area contributed by atoms with Crippen molar-refractivity contribution in [1.82, 2.24) is 5.32 Å². The number of thiophene rings is 1. The minimum Gasteiger partial charge on any atom is -0.481 e. The molecule has 0 radical (unpaired) electrons. The van der Waals surface area contributed by atoms with Crippen molar-refractivity contribution < 1.29 is 9.90 Å². The molecule has 4 heteroatoms. The van der Waals surface area contributed by atoms with Crippen LogP contribution in [0.4, 0.5) is 0 Å². The lowest BCUT2D eigenvalue weighted by atomic mass is 9.91. The molecule has 0 aromatic carbocycles. The fourth-order valence-corrected chi connectivity index (χ4v) is 2.37. The Kier molecular flexibility index (Phi) is 4.50. The van der Waals surface area contributed by atoms with Crippen molar-refractivity contribution in [3.8, 4) is 0 Å². The van der Waals surface area contributed by atoms with Crippen LogP contribution in [0.25, 0.3) is 0 Å². The van der Waals surface area contributed by atoms with Crippen molar-refractivity contribution in [2.24, 2.45) is 0 Å². The van der Waals surface area contributed by atoms with E-state index in [4.69, 9.17) is 5.11 Å². The van der Waals surface area contributed by atoms with Crippen LogP contribution >= 0.6 is 11.3 Å². The molecular weight excluding hydrogens is 222 g/mol. The van der Waals surface area contributed by atoms with Crippen LogP contribution in [-0.4, -0.2) is 23.7 Å². The van der Waals surface area contributed by atoms with Crippen LogP contribution in [0.1, 0.15) is 32.1 Å². The van der Waals surface area contributed by atoms with Crippen LogP contribution in [0.2, 0.25) is 0 Å². The molecule has 0 aliphatic heterocycles. The molecule has 0 spiro atoms. The number of carboxylic acids is 1. The SMILES string of the molecule is CC(CC(=O)O)NCC(C)(C)c1cccs1. The maximum atomic E-state index is 10.5. The summed E-state index contributed by atoms with van der Waals surface area (Å²) in [4.78, 5) is 11.8. The van der Waals surface area contributed by atoms with Gasteiger partial charge < -0.3 is 10.4 Å². The van der Waals surface area contributed by atoms with Crippen LogP contribution < -0.4 is 5.32 Å². The zero-order chi connectivity index (χ0) is 12.2. The highest BCUT2D eigenvalue weighted by Gasteiger charge is 2.22. The zero-order valence-electron chi connectivity index (χ0n) is 9.99. The Balaban J connectivity index is 2.45. The molecule has 0 aliphatic rings. The molecule has 0 saturated carbocycles. The minimum absolute atomic E-state index is 0.0109. The molecule has 0 saturated heterocycles. The summed E-state index contributed by atoms with van der Waals surface area (Å²) in [5.41, 5.74) is 0.0565. The van der Waals surface area contributed by atoms with E-state index in [1.54, 1.807) is 11.3 Å². The van der Waals surface area contributed by atoms with Gasteiger partial charge in [0.15, 0.2) is 0 Å². The second-order valence-electron chi connectivity index (χ2n) is 4.74. The summed E-state index contributed by atoms with van der Waals surface area (Å²) < 4.78 is 0. The van der Waals surface area contributed by atoms with Crippen LogP contribution in [0.5, 0.6) is 0 Å². The van der Waals surface area contributed by atoms with E-state index in [2.05, 4.69) is 30.6 Å². The van der Waals surface area contributed by atoms with E-state index in [0.717, 1.165) is 6.54 Å². The number of aliphatic carboxylic acids is 1. The molecule has 0 bridgehead atoms. The summed E-state index contributed by atoms with van der Waals surface area (Å²) in [6.45, 7) is 7.03. The van der Waals surface area contributed by atoms with Gasteiger partial charge >= 0.3 is 5.97 Å². The molecule has 2 N–H and O–H groups in total. The number of carbonyl (C=O) groups is 1. The fourth-order valence-electron chi connectivity index (χ4n) is 1.51. The molecule has 1 heterocycles. The summed E-state index contributed by atoms with van der Waals surface area (Å²) in [6, 6.07) is 4.17. The van der Waals surface area contributed by atoms with Gasteiger partial charge in [0.2, 0.25) is 0 Å². The van der Waals surface area contributed by atoms with Gasteiger partial charge in [0, 0.05) is 22.9 Å². The van der Waals surface area contributed by atoms with Crippen LogP contribution in [0.15, 0.2) is 17.5 Å². The van der Waals surface area contributed by atoms with Gasteiger partial charge in [0.1, 0.15) is 0 Å². The Hall–Kier alpha value is -0.870. The smallest absolute Gasteiger partial charge is 0.304 e. The standard InChI is InChI=1S/C12H19NO2S/c1-9(7-11(14)15)13-8-12(2,3)10-5-4-6-16-10/h4-6,9,13H,7-8H2,1-3H3,(H,14,15). The Bertz CT molecular complexity index is 333. The number of nitrogens with one attached hydrogen (secondary N) is 1. The Morgan fingerprint density at radius 3 is 2.81 bits per heavy atom. The van der Waals surface area contributed by atoms with Gasteiger partial charge in [-0.1, -0.05) is 19.9 Å². The average Bonchev–Trinajstić information content (AvgIpc) is 2.67. The normalized spacial score (nSPS) is 13.7. The first-order valence-electron chi connectivity index (χ1n) is 5.41. The van der Waals surface area contributed by atoms with Gasteiger partial charge in [0.05, 0.1) is 6.42 Å². The van der Waals surface area contributed by atoms with E-state index in [0.29, 0.717) is 0 Å². The van der Waals surface area contributed by atoms with Gasteiger partial charge in [-0.2, -0.15) is 0 Å². The first-order chi connectivity index (χ1) is 7.42. The maximum Gasteiger partial charge on any atom is 0.304 e. The summed E-state index contributed by atoms with van der Waals surface area (Å²) in [5.74, 6) is -0.756. The van der Waals surface area contributed by atoms with Crippen molar-refractivity contribution in [3.05, 3.63) is 22.4 Å². The Labute approximate surface area is 100 Å². The topological polar surface area (TPSA) is 49.3 Å². The molecule has 0 aliphatic carbocycles. The lowest BCUT2D eigenvalue weighted by Crippen LogP contribution is -2.38. The molecule has 90 valence electrons. The van der Waals surface area contributed by atoms with E-state index in [1.807, 2.05) is 13.0 Å². The van der Waals surface area contributed by atoms with E-state index >= 15 is 0 Å². The molecule has 1 unspecified atom stereocenters. The largest absolute Gasteiger partial charge is 0.481 e. The summed E-state index contributed by atoms with van der Waals surface area (Å²) in [6.07, 6.45) is 0.167. The molecule has 3 nitrogen and oxygen atoms in total. The lowest BCUT2D eigenvalue weighted by Gasteiger charge is -2.25. The molecular formula is C12H19NO2S. The summed E-state index contributed by atoms with van der Waals surface area (Å²) >= 11 is 1.74. The zero-order valence-corrected chi connectivity index (χ0v) is 10.8. The number of rotatable bonds is 6. The third-order valence-electron chi connectivity index (χ3n) is 2.56. The fraction of sp³-hybridized carbons (Fsp3) is 0.583. The third kappa shape index (κ3) is 3.94. The van der Waals surface area contributed by atoms with E-state index in [-0.39, 0.29) is 17.9 Å². The van der Waals surface area contributed by atoms with Crippen LogP contribution in [0, 0.1) is 0 Å². The second kappa shape index (κ2) is 5.46. The minimum atomic E-state index is -0.756. The predicted molar refractivity (Wildman–Crippen MR) is 67.1 cm³/mol. The number of carboxylic acid groups (broad SMARTS) is 1. The van der Waals surface area contributed by atoms with Crippen LogP contribution in [-0.2, 0) is 10.2 Å². The highest BCUT2D eigenvalue weighted by molar-refractivity contribution is 7.10. The second-order valence-corrected chi connectivity index (χ2v) is 5.69. The average molecular weight is 241 g/mol. The monoisotopic (exact) mass is 241 g/mol. The van der Waals surface area contributed by atoms with E-state index in [9.17, 15) is 4.79 Å². The Morgan fingerprint density at radius 1 is 1.62 bits per heavy atom. The third-order valence-corrected chi connectivity index (χ3v) is 3.80. The van der Waals surface area contributed by atoms with Gasteiger partial charge in [-0.3, -0.25) is 4.79 Å². The molecule has 16 heavy (non-hydrogen) atoms. The van der Waals surface area contributed by atoms with Gasteiger partial charge in [-0.25, -0.2) is 0 Å². The maximum absolute atomic E-state index is 10.5. The van der Waals surface area contributed by atoms with Crippen LogP contribution in [0.3, 0.4) is 0 Å². The van der Waals surface area contributed by atoms with Crippen molar-refractivity contribution in [2.75, 3.05) is 6.54 Å². The number of hydrogen-bond acceptors (Lipinski definition) is 3. The quantitative estimate of drug-likeness (QED) is 0.804. The van der Waals surface area contributed by atoms with Crippen molar-refractivity contribution in [2.45, 2.75) is 38.6 Å². The molecule has 1 rings (SSSR count). The summed E-state index contributed by atoms with van der Waals surface area (Å²) in [7, 11) is 0. The van der Waals surface area contributed by atoms with Gasteiger partial charge in [-0.05, 0) is 18.4 Å². The van der Waals surface area contributed by atoms with Gasteiger partial charge in [0.25, 0.3) is 0 Å². The first-order valence-corrected chi connectivity index (χ1v) is 6.29. The summed E-state index contributed by atoms with van der Waals surface area (Å²) in [5, 5.41) is 14.0. The molecule has 1 aromatic rings. The molecule has 0 amide bonds. The van der Waals surface area contributed by atoms with E-state index < -0.39 is 5.97 Å². The van der Waals surface area contributed by atoms with E-state index in [1.165, 1.54) is 4.88 Å². The van der Waals surface area contributed by atoms with Crippen molar-refractivity contribution in [3.63, 3.8) is 0 Å². The highest BCUT2D eigenvalue weighted by Crippen LogP contribution is 2.26. The lowest BCUT2D eigenvalue weighted by molar-refractivity contribution is -0.137. The number of hydrogen-bond donors (Lipinski definition) is 2. The molecule has 1 atom stereocenters. The Morgan fingerprint density at radius 2 is 2.31 bits per heavy atom.